The van der Waals surface area contributed by atoms with Crippen LogP contribution in [0.5, 0.6) is 5.75 Å². The Hall–Kier alpha value is -5.84. The topological polar surface area (TPSA) is 142 Å². The lowest BCUT2D eigenvalue weighted by atomic mass is 10.0. The van der Waals surface area contributed by atoms with Gasteiger partial charge in [-0.1, -0.05) is 67.9 Å². The molecule has 0 aromatic heterocycles. The molecule has 11 heteroatoms. The molecule has 0 radical (unpaired) electrons. The van der Waals surface area contributed by atoms with Crippen molar-refractivity contribution in [3.8, 4) is 5.75 Å². The Balaban J connectivity index is 1.09. The van der Waals surface area contributed by atoms with Gasteiger partial charge in [0.05, 0.1) is 24.1 Å². The van der Waals surface area contributed by atoms with E-state index in [-0.39, 0.29) is 48.4 Å². The molecule has 2 aliphatic heterocycles. The predicted octanol–water partition coefficient (Wildman–Crippen LogP) is 3.69. The van der Waals surface area contributed by atoms with Gasteiger partial charge in [0.1, 0.15) is 6.04 Å². The third-order valence-electron chi connectivity index (χ3n) is 8.16. The van der Waals surface area contributed by atoms with E-state index in [1.165, 1.54) is 23.3 Å². The number of carbonyl (C=O) groups excluding carboxylic acids is 6. The van der Waals surface area contributed by atoms with E-state index in [2.05, 4.69) is 5.32 Å². The SMILES string of the molecule is CCCC(C(=O)NC=O)N1C(=O)c2ccc(C(=O)NCc3ccc4c(c3)ON(C(=O)Cc3cccc5ccccc35)C4)cc2C1=O. The molecule has 0 bridgehead atoms. The minimum absolute atomic E-state index is 0.0110. The summed E-state index contributed by atoms with van der Waals surface area (Å²) in [6, 6.07) is 22.2. The third-order valence-corrected chi connectivity index (χ3v) is 8.16. The van der Waals surface area contributed by atoms with Crippen LogP contribution in [-0.2, 0) is 33.9 Å². The monoisotopic (exact) mass is 618 g/mol. The average Bonchev–Trinajstić information content (AvgIpc) is 3.60. The minimum atomic E-state index is -1.15. The fourth-order valence-corrected chi connectivity index (χ4v) is 5.84. The molecule has 0 spiro atoms. The largest absolute Gasteiger partial charge is 0.376 e. The Morgan fingerprint density at radius 2 is 1.72 bits per heavy atom. The number of benzene rings is 4. The highest BCUT2D eigenvalue weighted by Gasteiger charge is 2.42. The lowest BCUT2D eigenvalue weighted by molar-refractivity contribution is -0.154. The molecular formula is C35H30N4O7. The van der Waals surface area contributed by atoms with Gasteiger partial charge in [0.2, 0.25) is 12.3 Å². The number of amides is 6. The maximum absolute atomic E-state index is 13.2. The van der Waals surface area contributed by atoms with Gasteiger partial charge in [-0.05, 0) is 52.6 Å². The molecule has 2 heterocycles. The van der Waals surface area contributed by atoms with Crippen LogP contribution in [0.4, 0.5) is 0 Å². The van der Waals surface area contributed by atoms with Gasteiger partial charge in [0, 0.05) is 17.7 Å². The van der Waals surface area contributed by atoms with Crippen molar-refractivity contribution in [2.45, 2.75) is 45.3 Å². The number of carbonyl (C=O) groups is 6. The van der Waals surface area contributed by atoms with Crippen molar-refractivity contribution in [1.29, 1.82) is 0 Å². The van der Waals surface area contributed by atoms with Crippen LogP contribution < -0.4 is 15.5 Å². The molecule has 4 aromatic carbocycles. The first-order chi connectivity index (χ1) is 22.3. The number of hydroxylamine groups is 2. The lowest BCUT2D eigenvalue weighted by Gasteiger charge is -2.23. The van der Waals surface area contributed by atoms with Crippen LogP contribution in [-0.4, -0.2) is 52.0 Å². The van der Waals surface area contributed by atoms with Crippen molar-refractivity contribution in [2.24, 2.45) is 0 Å². The van der Waals surface area contributed by atoms with Crippen molar-refractivity contribution in [1.82, 2.24) is 20.6 Å². The number of nitrogens with one attached hydrogen (secondary N) is 2. The Morgan fingerprint density at radius 1 is 0.935 bits per heavy atom. The van der Waals surface area contributed by atoms with Gasteiger partial charge in [-0.15, -0.1) is 0 Å². The van der Waals surface area contributed by atoms with E-state index in [4.69, 9.17) is 4.84 Å². The molecule has 2 aliphatic rings. The summed E-state index contributed by atoms with van der Waals surface area (Å²) in [5.74, 6) is -2.23. The van der Waals surface area contributed by atoms with E-state index in [1.807, 2.05) is 59.9 Å². The summed E-state index contributed by atoms with van der Waals surface area (Å²) in [4.78, 5) is 82.3. The van der Waals surface area contributed by atoms with Crippen molar-refractivity contribution >= 4 is 46.7 Å². The lowest BCUT2D eigenvalue weighted by Crippen LogP contribution is -2.49. The third kappa shape index (κ3) is 5.70. The van der Waals surface area contributed by atoms with Gasteiger partial charge in [-0.2, -0.15) is 5.06 Å². The highest BCUT2D eigenvalue weighted by Crippen LogP contribution is 2.31. The van der Waals surface area contributed by atoms with Crippen LogP contribution in [0.3, 0.4) is 0 Å². The first-order valence-electron chi connectivity index (χ1n) is 14.9. The molecule has 232 valence electrons. The van der Waals surface area contributed by atoms with Gasteiger partial charge in [0.15, 0.2) is 5.75 Å². The van der Waals surface area contributed by atoms with Crippen LogP contribution in [0.2, 0.25) is 0 Å². The summed E-state index contributed by atoms with van der Waals surface area (Å²) in [5.41, 5.74) is 2.75. The van der Waals surface area contributed by atoms with Crippen LogP contribution in [0, 0.1) is 0 Å². The van der Waals surface area contributed by atoms with Crippen LogP contribution in [0.25, 0.3) is 10.8 Å². The molecular weight excluding hydrogens is 588 g/mol. The number of rotatable bonds is 10. The fraction of sp³-hybridized carbons (Fsp3) is 0.200. The molecule has 0 aliphatic carbocycles. The van der Waals surface area contributed by atoms with Gasteiger partial charge in [-0.25, -0.2) is 0 Å². The fourth-order valence-electron chi connectivity index (χ4n) is 5.84. The summed E-state index contributed by atoms with van der Waals surface area (Å²) < 4.78 is 0. The Labute approximate surface area is 264 Å². The van der Waals surface area contributed by atoms with E-state index >= 15 is 0 Å². The van der Waals surface area contributed by atoms with E-state index in [1.54, 1.807) is 13.0 Å². The van der Waals surface area contributed by atoms with Crippen molar-refractivity contribution in [3.63, 3.8) is 0 Å². The smallest absolute Gasteiger partial charge is 0.262 e. The summed E-state index contributed by atoms with van der Waals surface area (Å²) in [7, 11) is 0. The van der Waals surface area contributed by atoms with E-state index in [0.29, 0.717) is 18.7 Å². The van der Waals surface area contributed by atoms with Gasteiger partial charge >= 0.3 is 0 Å². The van der Waals surface area contributed by atoms with Crippen LogP contribution in [0.15, 0.2) is 78.9 Å². The first-order valence-corrected chi connectivity index (χ1v) is 14.9. The molecule has 1 unspecified atom stereocenters. The normalized spacial score (nSPS) is 14.0. The zero-order valence-electron chi connectivity index (χ0n) is 24.9. The second kappa shape index (κ2) is 12.6. The minimum Gasteiger partial charge on any atom is -0.376 e. The Bertz CT molecular complexity index is 1920. The molecule has 1 atom stereocenters. The van der Waals surface area contributed by atoms with Crippen molar-refractivity contribution in [3.05, 3.63) is 112 Å². The van der Waals surface area contributed by atoms with Gasteiger partial charge < -0.3 is 10.2 Å². The molecule has 0 saturated carbocycles. The molecule has 46 heavy (non-hydrogen) atoms. The van der Waals surface area contributed by atoms with Gasteiger partial charge in [-0.3, -0.25) is 39.0 Å². The molecule has 6 amide bonds. The number of hydrogen-bond acceptors (Lipinski definition) is 7. The second-order valence-corrected chi connectivity index (χ2v) is 11.1. The second-order valence-electron chi connectivity index (χ2n) is 11.1. The molecule has 11 nitrogen and oxygen atoms in total. The zero-order valence-corrected chi connectivity index (χ0v) is 24.9. The zero-order chi connectivity index (χ0) is 32.4. The first kappa shape index (κ1) is 30.2. The number of fused-ring (bicyclic) bond motifs is 3. The molecule has 6 rings (SSSR count). The van der Waals surface area contributed by atoms with Crippen molar-refractivity contribution in [2.75, 3.05) is 0 Å². The van der Waals surface area contributed by atoms with Crippen LogP contribution in [0.1, 0.15) is 67.5 Å². The van der Waals surface area contributed by atoms with E-state index < -0.39 is 29.7 Å². The molecule has 0 saturated heterocycles. The van der Waals surface area contributed by atoms with Crippen molar-refractivity contribution < 1.29 is 33.6 Å². The maximum Gasteiger partial charge on any atom is 0.262 e. The molecule has 4 aromatic rings. The van der Waals surface area contributed by atoms with E-state index in [0.717, 1.165) is 32.4 Å². The molecule has 0 fully saturated rings. The maximum atomic E-state index is 13.2. The van der Waals surface area contributed by atoms with Gasteiger partial charge in [0.25, 0.3) is 23.6 Å². The number of nitrogens with zero attached hydrogens (tertiary/aromatic N) is 2. The molecule has 2 N–H and O–H groups in total. The highest BCUT2D eigenvalue weighted by molar-refractivity contribution is 6.23. The summed E-state index contributed by atoms with van der Waals surface area (Å²) >= 11 is 0. The van der Waals surface area contributed by atoms with E-state index in [9.17, 15) is 28.8 Å². The Kier molecular flexibility index (Phi) is 8.30. The summed E-state index contributed by atoms with van der Waals surface area (Å²) in [5, 5.41) is 8.25. The standard InChI is InChI=1S/C35H30N4O7/c1-2-6-29(33(43)37-20-40)39-34(44)27-14-13-24(16-28(27)35(39)45)32(42)36-18-21-11-12-25-19-38(46-30(25)15-21)31(41)17-23-9-5-8-22-7-3-4-10-26(22)23/h3-5,7-16,20,29H,2,6,17-19H2,1H3,(H,36,42)(H,37,40,43). The quantitative estimate of drug-likeness (QED) is 0.204. The summed E-state index contributed by atoms with van der Waals surface area (Å²) in [6.07, 6.45) is 1.07. The number of hydrogen-bond donors (Lipinski definition) is 2. The highest BCUT2D eigenvalue weighted by atomic mass is 16.7. The predicted molar refractivity (Wildman–Crippen MR) is 166 cm³/mol. The average molecular weight is 619 g/mol. The van der Waals surface area contributed by atoms with Crippen LogP contribution >= 0.6 is 0 Å². The number of imide groups is 2. The Morgan fingerprint density at radius 3 is 2.52 bits per heavy atom. The summed E-state index contributed by atoms with van der Waals surface area (Å²) in [6.45, 7) is 2.23.